The molecule has 4 rings (SSSR count). The lowest BCUT2D eigenvalue weighted by Crippen LogP contribution is -2.32. The van der Waals surface area contributed by atoms with E-state index in [-0.39, 0.29) is 10.9 Å². The highest BCUT2D eigenvalue weighted by molar-refractivity contribution is 9.10. The van der Waals surface area contributed by atoms with Crippen molar-refractivity contribution in [2.45, 2.75) is 36.6 Å². The summed E-state index contributed by atoms with van der Waals surface area (Å²) in [6.07, 6.45) is 5.22. The first kappa shape index (κ1) is 24.1. The third-order valence-corrected chi connectivity index (χ3v) is 8.54. The van der Waals surface area contributed by atoms with Gasteiger partial charge in [0.2, 0.25) is 10.0 Å². The van der Waals surface area contributed by atoms with Gasteiger partial charge in [0.25, 0.3) is 0 Å². The fourth-order valence-corrected chi connectivity index (χ4v) is 6.55. The third-order valence-electron chi connectivity index (χ3n) is 5.89. The molecule has 0 spiro atoms. The number of pyridine rings is 1. The maximum Gasteiger partial charge on any atom is 0.244 e. The lowest BCUT2D eigenvalue weighted by atomic mass is 10.1. The van der Waals surface area contributed by atoms with Crippen LogP contribution in [-0.2, 0) is 21.2 Å². The van der Waals surface area contributed by atoms with Crippen molar-refractivity contribution >= 4 is 47.7 Å². The number of sulfonamides is 1. The van der Waals surface area contributed by atoms with Gasteiger partial charge in [0.15, 0.2) is 0 Å². The molecule has 1 aliphatic heterocycles. The normalized spacial score (nSPS) is 19.5. The van der Waals surface area contributed by atoms with E-state index in [0.29, 0.717) is 16.8 Å². The minimum Gasteiger partial charge on any atom is -0.380 e. The van der Waals surface area contributed by atoms with E-state index in [1.54, 1.807) is 12.3 Å². The maximum atomic E-state index is 13.1. The second-order valence-corrected chi connectivity index (χ2v) is 11.6. The van der Waals surface area contributed by atoms with Crippen LogP contribution in [0.2, 0.25) is 0 Å². The van der Waals surface area contributed by atoms with E-state index >= 15 is 0 Å². The molecule has 0 radical (unpaired) electrons. The molecule has 7 nitrogen and oxygen atoms in total. The monoisotopic (exact) mass is 586 g/mol. The zero-order valence-corrected chi connectivity index (χ0v) is 21.8. The van der Waals surface area contributed by atoms with Crippen molar-refractivity contribution in [3.8, 4) is 0 Å². The molecule has 174 valence electrons. The van der Waals surface area contributed by atoms with Gasteiger partial charge < -0.3 is 15.0 Å². The Kier molecular flexibility index (Phi) is 8.23. The van der Waals surface area contributed by atoms with E-state index in [2.05, 4.69) is 57.8 Å². The molecule has 1 aromatic heterocycles. The molecule has 1 atom stereocenters. The van der Waals surface area contributed by atoms with Gasteiger partial charge in [0, 0.05) is 41.4 Å². The maximum absolute atomic E-state index is 13.1. The van der Waals surface area contributed by atoms with Crippen molar-refractivity contribution in [2.75, 3.05) is 44.7 Å². The van der Waals surface area contributed by atoms with Gasteiger partial charge in [-0.25, -0.2) is 18.1 Å². The Labute approximate surface area is 206 Å². The van der Waals surface area contributed by atoms with Crippen molar-refractivity contribution in [2.24, 2.45) is 0 Å². The summed E-state index contributed by atoms with van der Waals surface area (Å²) < 4.78 is 36.2. The zero-order valence-electron chi connectivity index (χ0n) is 17.8. The smallest absolute Gasteiger partial charge is 0.244 e. The number of fused-ring (bicyclic) bond motifs is 1. The highest BCUT2D eigenvalue weighted by Gasteiger charge is 2.27. The first-order chi connectivity index (χ1) is 15.4. The number of rotatable bonds is 8. The van der Waals surface area contributed by atoms with Gasteiger partial charge >= 0.3 is 0 Å². The van der Waals surface area contributed by atoms with Gasteiger partial charge in [-0.3, -0.25) is 0 Å². The molecule has 0 amide bonds. The summed E-state index contributed by atoms with van der Waals surface area (Å²) in [6, 6.07) is 7.77. The first-order valence-electron chi connectivity index (χ1n) is 10.9. The Hall–Kier alpha value is -1.04. The SMILES string of the molecule is O=S(=O)(NCCCN1CCCOCC1)c1cc(Br)cnc1NC1CCc2c(Br)cccc21. The number of nitrogens with zero attached hydrogens (tertiary/aromatic N) is 2. The van der Waals surface area contributed by atoms with Crippen molar-refractivity contribution < 1.29 is 13.2 Å². The summed E-state index contributed by atoms with van der Waals surface area (Å²) in [6.45, 7) is 4.67. The number of ether oxygens (including phenoxy) is 1. The van der Waals surface area contributed by atoms with E-state index < -0.39 is 10.0 Å². The van der Waals surface area contributed by atoms with Crippen LogP contribution < -0.4 is 10.0 Å². The second kappa shape index (κ2) is 10.9. The summed E-state index contributed by atoms with van der Waals surface area (Å²) in [5.41, 5.74) is 2.45. The van der Waals surface area contributed by atoms with Gasteiger partial charge in [0.1, 0.15) is 10.7 Å². The van der Waals surface area contributed by atoms with Crippen LogP contribution in [0.3, 0.4) is 0 Å². The molecule has 1 fully saturated rings. The third kappa shape index (κ3) is 5.90. The first-order valence-corrected chi connectivity index (χ1v) is 14.0. The molecule has 1 aromatic carbocycles. The van der Waals surface area contributed by atoms with Crippen LogP contribution in [0.25, 0.3) is 0 Å². The molecule has 2 N–H and O–H groups in total. The van der Waals surface area contributed by atoms with Gasteiger partial charge in [-0.1, -0.05) is 28.1 Å². The summed E-state index contributed by atoms with van der Waals surface area (Å²) in [4.78, 5) is 6.89. The van der Waals surface area contributed by atoms with Crippen molar-refractivity contribution in [3.05, 3.63) is 50.5 Å². The number of aromatic nitrogens is 1. The average Bonchev–Trinajstić information content (AvgIpc) is 3.00. The van der Waals surface area contributed by atoms with Crippen molar-refractivity contribution in [1.29, 1.82) is 0 Å². The molecule has 2 aromatic rings. The minimum absolute atomic E-state index is 0.0235. The van der Waals surface area contributed by atoms with Crippen LogP contribution in [0.4, 0.5) is 5.82 Å². The molecule has 10 heteroatoms. The van der Waals surface area contributed by atoms with E-state index in [4.69, 9.17) is 4.74 Å². The number of halogens is 2. The molecule has 1 unspecified atom stereocenters. The standard InChI is InChI=1S/C22H28Br2N4O3S/c23-16-14-21(32(29,30)26-8-2-9-28-10-3-12-31-13-11-28)22(25-15-16)27-20-7-6-17-18(20)4-1-5-19(17)24/h1,4-5,14-15,20,26H,2-3,6-13H2,(H,25,27). The topological polar surface area (TPSA) is 83.6 Å². The summed E-state index contributed by atoms with van der Waals surface area (Å²) >= 11 is 6.99. The summed E-state index contributed by atoms with van der Waals surface area (Å²) in [7, 11) is -3.71. The van der Waals surface area contributed by atoms with Crippen LogP contribution in [0.15, 0.2) is 44.3 Å². The molecular weight excluding hydrogens is 560 g/mol. The quantitative estimate of drug-likeness (QED) is 0.453. The highest BCUT2D eigenvalue weighted by atomic mass is 79.9. The van der Waals surface area contributed by atoms with Gasteiger partial charge in [0.05, 0.1) is 12.6 Å². The Morgan fingerprint density at radius 2 is 2.09 bits per heavy atom. The Bertz CT molecular complexity index is 1040. The van der Waals surface area contributed by atoms with Crippen molar-refractivity contribution in [3.63, 3.8) is 0 Å². The number of nitrogens with one attached hydrogen (secondary N) is 2. The largest absolute Gasteiger partial charge is 0.380 e. The van der Waals surface area contributed by atoms with Gasteiger partial charge in [-0.15, -0.1) is 0 Å². The minimum atomic E-state index is -3.71. The van der Waals surface area contributed by atoms with E-state index in [0.717, 1.165) is 63.0 Å². The Morgan fingerprint density at radius 3 is 2.97 bits per heavy atom. The van der Waals surface area contributed by atoms with Gasteiger partial charge in [-0.2, -0.15) is 0 Å². The van der Waals surface area contributed by atoms with Crippen LogP contribution >= 0.6 is 31.9 Å². The van der Waals surface area contributed by atoms with E-state index in [9.17, 15) is 8.42 Å². The highest BCUT2D eigenvalue weighted by Crippen LogP contribution is 2.38. The van der Waals surface area contributed by atoms with E-state index in [1.807, 2.05) is 12.1 Å². The number of hydrogen-bond donors (Lipinski definition) is 2. The number of benzene rings is 1. The summed E-state index contributed by atoms with van der Waals surface area (Å²) in [5.74, 6) is 0.378. The van der Waals surface area contributed by atoms with Crippen LogP contribution in [0, 0.1) is 0 Å². The fraction of sp³-hybridized carbons (Fsp3) is 0.500. The summed E-state index contributed by atoms with van der Waals surface area (Å²) in [5, 5.41) is 3.38. The van der Waals surface area contributed by atoms with Crippen LogP contribution in [-0.4, -0.2) is 57.7 Å². The Balaban J connectivity index is 1.43. The molecule has 1 saturated heterocycles. The van der Waals surface area contributed by atoms with Crippen LogP contribution in [0.5, 0.6) is 0 Å². The molecule has 1 aliphatic carbocycles. The van der Waals surface area contributed by atoms with E-state index in [1.165, 1.54) is 11.1 Å². The lowest BCUT2D eigenvalue weighted by Gasteiger charge is -2.20. The predicted molar refractivity (Wildman–Crippen MR) is 132 cm³/mol. The number of anilines is 1. The van der Waals surface area contributed by atoms with Gasteiger partial charge in [-0.05, 0) is 71.4 Å². The number of hydrogen-bond acceptors (Lipinski definition) is 6. The van der Waals surface area contributed by atoms with Crippen molar-refractivity contribution in [1.82, 2.24) is 14.6 Å². The predicted octanol–water partition coefficient (Wildman–Crippen LogP) is 4.10. The fourth-order valence-electron chi connectivity index (χ4n) is 4.27. The molecule has 2 aliphatic rings. The average molecular weight is 588 g/mol. The molecule has 0 bridgehead atoms. The van der Waals surface area contributed by atoms with Crippen LogP contribution in [0.1, 0.15) is 36.4 Å². The second-order valence-electron chi connectivity index (χ2n) is 8.10. The molecular formula is C22H28Br2N4O3S. The lowest BCUT2D eigenvalue weighted by molar-refractivity contribution is 0.141. The molecule has 2 heterocycles. The molecule has 0 saturated carbocycles. The Morgan fingerprint density at radius 1 is 1.22 bits per heavy atom. The zero-order chi connectivity index (χ0) is 22.6. The molecule has 32 heavy (non-hydrogen) atoms.